The van der Waals surface area contributed by atoms with Gasteiger partial charge in [0.25, 0.3) is 0 Å². The quantitative estimate of drug-likeness (QED) is 0.815. The molecule has 110 valence electrons. The highest BCUT2D eigenvalue weighted by atomic mass is 16.3. The number of nitrogens with two attached hydrogens (primary N) is 1. The summed E-state index contributed by atoms with van der Waals surface area (Å²) in [6.07, 6.45) is 6.80. The Kier molecular flexibility index (Phi) is 4.51. The molecule has 0 aromatic heterocycles. The first-order chi connectivity index (χ1) is 8.93. The van der Waals surface area contributed by atoms with Gasteiger partial charge in [0.1, 0.15) is 0 Å². The largest absolute Gasteiger partial charge is 0.388 e. The number of carbonyl (C=O) groups excluding carboxylic acids is 1. The number of amides is 1. The van der Waals surface area contributed by atoms with Gasteiger partial charge in [0.2, 0.25) is 5.91 Å². The maximum atomic E-state index is 12.5. The van der Waals surface area contributed by atoms with Gasteiger partial charge in [0.15, 0.2) is 0 Å². The number of rotatable bonds is 3. The second kappa shape index (κ2) is 5.80. The monoisotopic (exact) mass is 268 g/mol. The SMILES string of the molecule is CC1C(N)CCCC1C(=O)N(C)CC1(O)CCCC1. The highest BCUT2D eigenvalue weighted by Crippen LogP contribution is 2.33. The van der Waals surface area contributed by atoms with E-state index in [9.17, 15) is 9.90 Å². The van der Waals surface area contributed by atoms with Gasteiger partial charge >= 0.3 is 0 Å². The second-order valence-corrected chi connectivity index (χ2v) is 6.69. The van der Waals surface area contributed by atoms with Crippen LogP contribution in [0.1, 0.15) is 51.9 Å². The topological polar surface area (TPSA) is 66.6 Å². The van der Waals surface area contributed by atoms with Crippen LogP contribution in [0.5, 0.6) is 0 Å². The molecule has 2 aliphatic rings. The lowest BCUT2D eigenvalue weighted by Crippen LogP contribution is -2.48. The van der Waals surface area contributed by atoms with E-state index in [4.69, 9.17) is 5.73 Å². The fraction of sp³-hybridized carbons (Fsp3) is 0.933. The van der Waals surface area contributed by atoms with E-state index in [-0.39, 0.29) is 23.8 Å². The highest BCUT2D eigenvalue weighted by molar-refractivity contribution is 5.79. The van der Waals surface area contributed by atoms with Gasteiger partial charge in [-0.2, -0.15) is 0 Å². The third kappa shape index (κ3) is 3.29. The maximum absolute atomic E-state index is 12.5. The molecule has 3 unspecified atom stereocenters. The minimum Gasteiger partial charge on any atom is -0.388 e. The molecular formula is C15H28N2O2. The zero-order valence-electron chi connectivity index (χ0n) is 12.3. The van der Waals surface area contributed by atoms with Crippen LogP contribution in [0.4, 0.5) is 0 Å². The molecule has 2 saturated carbocycles. The Hall–Kier alpha value is -0.610. The molecule has 0 aliphatic heterocycles. The molecule has 2 aliphatic carbocycles. The molecule has 0 aromatic rings. The number of likely N-dealkylation sites (N-methyl/N-ethyl adjacent to an activating group) is 1. The van der Waals surface area contributed by atoms with Crippen molar-refractivity contribution in [1.82, 2.24) is 4.90 Å². The summed E-state index contributed by atoms with van der Waals surface area (Å²) in [6.45, 7) is 2.56. The number of nitrogens with zero attached hydrogens (tertiary/aromatic N) is 1. The molecule has 0 aromatic carbocycles. The van der Waals surface area contributed by atoms with E-state index >= 15 is 0 Å². The molecule has 0 spiro atoms. The first-order valence-corrected chi connectivity index (χ1v) is 7.66. The summed E-state index contributed by atoms with van der Waals surface area (Å²) in [4.78, 5) is 14.3. The first-order valence-electron chi connectivity index (χ1n) is 7.66. The molecule has 2 rings (SSSR count). The van der Waals surface area contributed by atoms with E-state index < -0.39 is 5.60 Å². The average molecular weight is 268 g/mol. The van der Waals surface area contributed by atoms with Gasteiger partial charge in [-0.1, -0.05) is 26.2 Å². The number of carbonyl (C=O) groups is 1. The van der Waals surface area contributed by atoms with Crippen LogP contribution in [0, 0.1) is 11.8 Å². The van der Waals surface area contributed by atoms with Crippen molar-refractivity contribution in [2.45, 2.75) is 63.5 Å². The van der Waals surface area contributed by atoms with Crippen LogP contribution in [-0.4, -0.2) is 41.1 Å². The third-order valence-electron chi connectivity index (χ3n) is 5.12. The molecule has 2 fully saturated rings. The van der Waals surface area contributed by atoms with Gasteiger partial charge in [-0.15, -0.1) is 0 Å². The minimum atomic E-state index is -0.648. The van der Waals surface area contributed by atoms with Crippen molar-refractivity contribution in [3.05, 3.63) is 0 Å². The summed E-state index contributed by atoms with van der Waals surface area (Å²) in [7, 11) is 1.82. The van der Waals surface area contributed by atoms with Crippen LogP contribution >= 0.6 is 0 Å². The Labute approximate surface area is 116 Å². The summed E-state index contributed by atoms with van der Waals surface area (Å²) in [6, 6.07) is 0.144. The summed E-state index contributed by atoms with van der Waals surface area (Å²) in [5.41, 5.74) is 5.43. The third-order valence-corrected chi connectivity index (χ3v) is 5.12. The molecule has 3 atom stereocenters. The van der Waals surface area contributed by atoms with Gasteiger partial charge in [-0.05, 0) is 31.6 Å². The zero-order valence-corrected chi connectivity index (χ0v) is 12.3. The predicted octanol–water partition coefficient (Wildman–Crippen LogP) is 1.51. The van der Waals surface area contributed by atoms with Crippen molar-refractivity contribution >= 4 is 5.91 Å². The fourth-order valence-electron chi connectivity index (χ4n) is 3.74. The lowest BCUT2D eigenvalue weighted by molar-refractivity contribution is -0.140. The number of aliphatic hydroxyl groups is 1. The van der Waals surface area contributed by atoms with E-state index in [1.807, 2.05) is 7.05 Å². The zero-order chi connectivity index (χ0) is 14.0. The standard InChI is InChI=1S/C15H28N2O2/c1-11-12(6-5-7-13(11)16)14(18)17(2)10-15(19)8-3-4-9-15/h11-13,19H,3-10,16H2,1-2H3. The molecule has 19 heavy (non-hydrogen) atoms. The lowest BCUT2D eigenvalue weighted by Gasteiger charge is -2.37. The molecule has 1 amide bonds. The van der Waals surface area contributed by atoms with E-state index in [2.05, 4.69) is 6.92 Å². The van der Waals surface area contributed by atoms with Gasteiger partial charge < -0.3 is 15.7 Å². The Morgan fingerprint density at radius 1 is 1.32 bits per heavy atom. The van der Waals surface area contributed by atoms with Crippen molar-refractivity contribution in [2.75, 3.05) is 13.6 Å². The van der Waals surface area contributed by atoms with Crippen molar-refractivity contribution in [2.24, 2.45) is 17.6 Å². The van der Waals surface area contributed by atoms with Gasteiger partial charge in [-0.25, -0.2) is 0 Å². The molecule has 4 heteroatoms. The van der Waals surface area contributed by atoms with E-state index in [0.29, 0.717) is 6.54 Å². The Bertz CT molecular complexity index is 326. The van der Waals surface area contributed by atoms with Crippen LogP contribution < -0.4 is 5.73 Å². The molecule has 3 N–H and O–H groups in total. The van der Waals surface area contributed by atoms with Crippen molar-refractivity contribution in [1.29, 1.82) is 0 Å². The summed E-state index contributed by atoms with van der Waals surface area (Å²) >= 11 is 0. The molecular weight excluding hydrogens is 240 g/mol. The normalized spacial score (nSPS) is 34.2. The summed E-state index contributed by atoms with van der Waals surface area (Å²) in [5, 5.41) is 10.4. The summed E-state index contributed by atoms with van der Waals surface area (Å²) < 4.78 is 0. The fourth-order valence-corrected chi connectivity index (χ4v) is 3.74. The molecule has 0 saturated heterocycles. The van der Waals surface area contributed by atoms with Crippen LogP contribution in [0.25, 0.3) is 0 Å². The second-order valence-electron chi connectivity index (χ2n) is 6.69. The first kappa shape index (κ1) is 14.8. The Morgan fingerprint density at radius 2 is 1.95 bits per heavy atom. The van der Waals surface area contributed by atoms with Gasteiger partial charge in [0, 0.05) is 25.6 Å². The van der Waals surface area contributed by atoms with Crippen LogP contribution in [0.3, 0.4) is 0 Å². The highest BCUT2D eigenvalue weighted by Gasteiger charge is 2.38. The predicted molar refractivity (Wildman–Crippen MR) is 75.5 cm³/mol. The Balaban J connectivity index is 1.94. The van der Waals surface area contributed by atoms with Crippen LogP contribution in [-0.2, 0) is 4.79 Å². The van der Waals surface area contributed by atoms with Crippen LogP contribution in [0.15, 0.2) is 0 Å². The van der Waals surface area contributed by atoms with Crippen molar-refractivity contribution in [3.63, 3.8) is 0 Å². The molecule has 0 radical (unpaired) electrons. The molecule has 0 heterocycles. The smallest absolute Gasteiger partial charge is 0.225 e. The van der Waals surface area contributed by atoms with Gasteiger partial charge in [-0.3, -0.25) is 4.79 Å². The van der Waals surface area contributed by atoms with Crippen molar-refractivity contribution in [3.8, 4) is 0 Å². The molecule has 0 bridgehead atoms. The Morgan fingerprint density at radius 3 is 2.58 bits per heavy atom. The minimum absolute atomic E-state index is 0.0405. The van der Waals surface area contributed by atoms with E-state index in [1.165, 1.54) is 0 Å². The van der Waals surface area contributed by atoms with E-state index in [1.54, 1.807) is 4.90 Å². The average Bonchev–Trinajstić information content (AvgIpc) is 2.78. The van der Waals surface area contributed by atoms with Crippen molar-refractivity contribution < 1.29 is 9.90 Å². The number of hydrogen-bond acceptors (Lipinski definition) is 3. The van der Waals surface area contributed by atoms with E-state index in [0.717, 1.165) is 44.9 Å². The molecule has 4 nitrogen and oxygen atoms in total. The van der Waals surface area contributed by atoms with Gasteiger partial charge in [0.05, 0.1) is 5.60 Å². The maximum Gasteiger partial charge on any atom is 0.225 e. The number of hydrogen-bond donors (Lipinski definition) is 2. The lowest BCUT2D eigenvalue weighted by atomic mass is 9.76. The summed E-state index contributed by atoms with van der Waals surface area (Å²) in [5.74, 6) is 0.462. The van der Waals surface area contributed by atoms with Crippen LogP contribution in [0.2, 0.25) is 0 Å².